The van der Waals surface area contributed by atoms with Gasteiger partial charge in [0.05, 0.1) is 18.7 Å². The van der Waals surface area contributed by atoms with Crippen molar-refractivity contribution in [1.29, 1.82) is 0 Å². The number of nitrogens with zero attached hydrogens (tertiary/aromatic N) is 1. The van der Waals surface area contributed by atoms with Crippen molar-refractivity contribution in [3.05, 3.63) is 59.0 Å². The van der Waals surface area contributed by atoms with Crippen LogP contribution in [0.4, 0.5) is 0 Å². The van der Waals surface area contributed by atoms with E-state index < -0.39 is 5.92 Å². The summed E-state index contributed by atoms with van der Waals surface area (Å²) < 4.78 is 10.5. The molecule has 0 saturated carbocycles. The predicted molar refractivity (Wildman–Crippen MR) is 83.5 cm³/mol. The van der Waals surface area contributed by atoms with Crippen LogP contribution in [0.3, 0.4) is 0 Å². The molecular formula is C17H16ClNO4. The molecule has 0 radical (unpaired) electrons. The summed E-state index contributed by atoms with van der Waals surface area (Å²) in [7, 11) is 0. The highest BCUT2D eigenvalue weighted by Gasteiger charge is 2.35. The molecule has 1 saturated heterocycles. The second-order valence-corrected chi connectivity index (χ2v) is 5.93. The van der Waals surface area contributed by atoms with Crippen molar-refractivity contribution in [3.63, 3.8) is 0 Å². The molecule has 2 aromatic rings. The third-order valence-corrected chi connectivity index (χ3v) is 4.02. The van der Waals surface area contributed by atoms with E-state index in [-0.39, 0.29) is 24.9 Å². The van der Waals surface area contributed by atoms with Crippen molar-refractivity contribution in [2.75, 3.05) is 6.54 Å². The van der Waals surface area contributed by atoms with Gasteiger partial charge in [0.2, 0.25) is 5.91 Å². The summed E-state index contributed by atoms with van der Waals surface area (Å²) in [5.74, 6) is -0.136. The fraction of sp³-hybridized carbons (Fsp3) is 0.294. The molecule has 0 bridgehead atoms. The van der Waals surface area contributed by atoms with E-state index in [9.17, 15) is 9.59 Å². The molecule has 1 aliphatic rings. The Balaban J connectivity index is 1.52. The minimum atomic E-state index is -0.426. The lowest BCUT2D eigenvalue weighted by Gasteiger charge is -2.14. The van der Waals surface area contributed by atoms with E-state index in [0.717, 1.165) is 5.56 Å². The van der Waals surface area contributed by atoms with E-state index in [2.05, 4.69) is 0 Å². The molecule has 1 amide bonds. The maximum absolute atomic E-state index is 12.1. The number of rotatable bonds is 5. The summed E-state index contributed by atoms with van der Waals surface area (Å²) in [6.45, 7) is 0.921. The summed E-state index contributed by atoms with van der Waals surface area (Å²) in [5, 5.41) is 0.634. The number of amides is 1. The Hall–Kier alpha value is -2.27. The minimum Gasteiger partial charge on any atom is -0.467 e. The lowest BCUT2D eigenvalue weighted by Crippen LogP contribution is -2.26. The Morgan fingerprint density at radius 3 is 2.78 bits per heavy atom. The Morgan fingerprint density at radius 2 is 2.09 bits per heavy atom. The van der Waals surface area contributed by atoms with Crippen LogP contribution in [0.5, 0.6) is 0 Å². The fourth-order valence-electron chi connectivity index (χ4n) is 2.53. The molecule has 6 heteroatoms. The van der Waals surface area contributed by atoms with Crippen molar-refractivity contribution in [1.82, 2.24) is 4.90 Å². The molecular weight excluding hydrogens is 318 g/mol. The Bertz CT molecular complexity index is 681. The van der Waals surface area contributed by atoms with Gasteiger partial charge in [-0.3, -0.25) is 9.59 Å². The molecule has 1 aliphatic heterocycles. The molecule has 1 aromatic carbocycles. The van der Waals surface area contributed by atoms with Gasteiger partial charge in [-0.25, -0.2) is 0 Å². The summed E-state index contributed by atoms with van der Waals surface area (Å²) in [6.07, 6.45) is 1.74. The average molecular weight is 334 g/mol. The van der Waals surface area contributed by atoms with Crippen LogP contribution in [0.15, 0.2) is 47.1 Å². The first-order valence-electron chi connectivity index (χ1n) is 7.33. The number of ether oxygens (including phenoxy) is 1. The van der Waals surface area contributed by atoms with Gasteiger partial charge in [0, 0.05) is 18.0 Å². The van der Waals surface area contributed by atoms with Gasteiger partial charge >= 0.3 is 5.97 Å². The molecule has 1 fully saturated rings. The normalized spacial score (nSPS) is 17.5. The van der Waals surface area contributed by atoms with Gasteiger partial charge in [0.25, 0.3) is 0 Å². The highest BCUT2D eigenvalue weighted by molar-refractivity contribution is 6.30. The van der Waals surface area contributed by atoms with E-state index in [1.54, 1.807) is 47.6 Å². The smallest absolute Gasteiger partial charge is 0.311 e. The minimum absolute atomic E-state index is 0.0603. The molecule has 0 unspecified atom stereocenters. The van der Waals surface area contributed by atoms with Crippen LogP contribution in [-0.2, 0) is 27.5 Å². The molecule has 0 aliphatic carbocycles. The highest BCUT2D eigenvalue weighted by atomic mass is 35.5. The predicted octanol–water partition coefficient (Wildman–Crippen LogP) is 3.02. The van der Waals surface area contributed by atoms with Crippen LogP contribution in [0.2, 0.25) is 5.02 Å². The first-order chi connectivity index (χ1) is 11.1. The van der Waals surface area contributed by atoms with Crippen LogP contribution in [0.25, 0.3) is 0 Å². The molecule has 1 aromatic heterocycles. The zero-order chi connectivity index (χ0) is 16.2. The van der Waals surface area contributed by atoms with Crippen LogP contribution in [-0.4, -0.2) is 23.3 Å². The molecule has 3 rings (SSSR count). The topological polar surface area (TPSA) is 59.8 Å². The molecule has 0 spiro atoms. The van der Waals surface area contributed by atoms with E-state index >= 15 is 0 Å². The third kappa shape index (κ3) is 3.93. The highest BCUT2D eigenvalue weighted by Crippen LogP contribution is 2.22. The van der Waals surface area contributed by atoms with Crippen molar-refractivity contribution >= 4 is 23.5 Å². The van der Waals surface area contributed by atoms with Gasteiger partial charge in [-0.2, -0.15) is 0 Å². The zero-order valence-corrected chi connectivity index (χ0v) is 13.2. The zero-order valence-electron chi connectivity index (χ0n) is 12.4. The second kappa shape index (κ2) is 6.87. The molecule has 23 heavy (non-hydrogen) atoms. The summed E-state index contributed by atoms with van der Waals surface area (Å²) in [6, 6.07) is 10.7. The van der Waals surface area contributed by atoms with Gasteiger partial charge in [-0.05, 0) is 29.8 Å². The monoisotopic (exact) mass is 333 g/mol. The maximum atomic E-state index is 12.1. The van der Waals surface area contributed by atoms with Crippen molar-refractivity contribution in [3.8, 4) is 0 Å². The van der Waals surface area contributed by atoms with Gasteiger partial charge in [0.15, 0.2) is 0 Å². The first-order valence-corrected chi connectivity index (χ1v) is 7.71. The van der Waals surface area contributed by atoms with E-state index in [0.29, 0.717) is 23.9 Å². The SMILES string of the molecule is O=C(OCc1ccc(Cl)cc1)[C@H]1CC(=O)N(Cc2ccco2)C1. The van der Waals surface area contributed by atoms with Crippen LogP contribution >= 0.6 is 11.6 Å². The number of benzene rings is 1. The maximum Gasteiger partial charge on any atom is 0.311 e. The number of esters is 1. The fourth-order valence-corrected chi connectivity index (χ4v) is 2.65. The number of hydrogen-bond acceptors (Lipinski definition) is 4. The molecule has 1 atom stereocenters. The Kier molecular flexibility index (Phi) is 4.67. The molecule has 120 valence electrons. The number of carbonyl (C=O) groups excluding carboxylic acids is 2. The van der Waals surface area contributed by atoms with Crippen molar-refractivity contribution < 1.29 is 18.7 Å². The first kappa shape index (κ1) is 15.6. The standard InChI is InChI=1S/C17H16ClNO4/c18-14-5-3-12(4-6-14)11-23-17(21)13-8-16(20)19(9-13)10-15-2-1-7-22-15/h1-7,13H,8-11H2/t13-/m0/s1. The lowest BCUT2D eigenvalue weighted by atomic mass is 10.1. The third-order valence-electron chi connectivity index (χ3n) is 3.77. The summed E-state index contributed by atoms with van der Waals surface area (Å²) >= 11 is 5.81. The van der Waals surface area contributed by atoms with Gasteiger partial charge in [-0.15, -0.1) is 0 Å². The number of furan rings is 1. The average Bonchev–Trinajstić information content (AvgIpc) is 3.17. The number of hydrogen-bond donors (Lipinski definition) is 0. The number of halogens is 1. The van der Waals surface area contributed by atoms with Crippen LogP contribution < -0.4 is 0 Å². The van der Waals surface area contributed by atoms with Crippen LogP contribution in [0.1, 0.15) is 17.7 Å². The van der Waals surface area contributed by atoms with Gasteiger partial charge in [0.1, 0.15) is 12.4 Å². The number of carbonyl (C=O) groups is 2. The van der Waals surface area contributed by atoms with Crippen LogP contribution in [0, 0.1) is 5.92 Å². The number of likely N-dealkylation sites (tertiary alicyclic amines) is 1. The molecule has 2 heterocycles. The lowest BCUT2D eigenvalue weighted by molar-refractivity contribution is -0.149. The molecule has 0 N–H and O–H groups in total. The largest absolute Gasteiger partial charge is 0.467 e. The second-order valence-electron chi connectivity index (χ2n) is 5.49. The van der Waals surface area contributed by atoms with Gasteiger partial charge < -0.3 is 14.1 Å². The quantitative estimate of drug-likeness (QED) is 0.789. The Morgan fingerprint density at radius 1 is 1.30 bits per heavy atom. The van der Waals surface area contributed by atoms with Crippen molar-refractivity contribution in [2.45, 2.75) is 19.6 Å². The van der Waals surface area contributed by atoms with Gasteiger partial charge in [-0.1, -0.05) is 23.7 Å². The van der Waals surface area contributed by atoms with E-state index in [1.165, 1.54) is 0 Å². The summed E-state index contributed by atoms with van der Waals surface area (Å²) in [5.41, 5.74) is 0.861. The van der Waals surface area contributed by atoms with Crippen molar-refractivity contribution in [2.24, 2.45) is 5.92 Å². The van der Waals surface area contributed by atoms with E-state index in [4.69, 9.17) is 20.8 Å². The Labute approximate surface area is 138 Å². The van der Waals surface area contributed by atoms with E-state index in [1.807, 2.05) is 0 Å². The molecule has 5 nitrogen and oxygen atoms in total. The summed E-state index contributed by atoms with van der Waals surface area (Å²) in [4.78, 5) is 25.7.